The molecule has 0 saturated carbocycles. The van der Waals surface area contributed by atoms with Gasteiger partial charge >= 0.3 is 5.97 Å². The summed E-state index contributed by atoms with van der Waals surface area (Å²) in [5, 5.41) is 0. The molecule has 0 bridgehead atoms. The van der Waals surface area contributed by atoms with Crippen LogP contribution in [0.15, 0.2) is 18.3 Å². The Labute approximate surface area is 106 Å². The average molecular weight is 252 g/mol. The van der Waals surface area contributed by atoms with Crippen molar-refractivity contribution < 1.29 is 13.9 Å². The maximum Gasteiger partial charge on any atom is 0.310 e. The maximum atomic E-state index is 13.1. The normalized spacial score (nSPS) is 19.7. The highest BCUT2D eigenvalue weighted by Crippen LogP contribution is 2.23. The summed E-state index contributed by atoms with van der Waals surface area (Å²) in [6.45, 7) is 3.62. The van der Waals surface area contributed by atoms with Crippen LogP contribution in [0.5, 0.6) is 0 Å². The smallest absolute Gasteiger partial charge is 0.310 e. The number of carbonyl (C=O) groups excluding carboxylic acids is 1. The third-order valence-corrected chi connectivity index (χ3v) is 3.12. The van der Waals surface area contributed by atoms with Gasteiger partial charge in [0.25, 0.3) is 0 Å². The minimum Gasteiger partial charge on any atom is -0.466 e. The zero-order valence-corrected chi connectivity index (χ0v) is 10.4. The summed E-state index contributed by atoms with van der Waals surface area (Å²) in [7, 11) is 0. The van der Waals surface area contributed by atoms with Crippen LogP contribution in [0.4, 0.5) is 10.1 Å². The van der Waals surface area contributed by atoms with Crippen LogP contribution in [0.3, 0.4) is 0 Å². The number of anilines is 1. The molecule has 2 heterocycles. The minimum atomic E-state index is -0.495. The number of hydrogen-bond acceptors (Lipinski definition) is 4. The minimum absolute atomic E-state index is 0.116. The second-order valence-electron chi connectivity index (χ2n) is 4.37. The molecular formula is C13H17FN2O2. The molecule has 0 aromatic carbocycles. The molecule has 0 N–H and O–H groups in total. The van der Waals surface area contributed by atoms with E-state index >= 15 is 0 Å². The van der Waals surface area contributed by atoms with Crippen molar-refractivity contribution in [2.75, 3.05) is 24.6 Å². The average Bonchev–Trinajstić information content (AvgIpc) is 2.39. The monoisotopic (exact) mass is 252 g/mol. The molecule has 2 rings (SSSR count). The van der Waals surface area contributed by atoms with Gasteiger partial charge in [0, 0.05) is 31.0 Å². The molecule has 1 aliphatic heterocycles. The number of aromatic nitrogens is 1. The molecule has 5 heteroatoms. The highest BCUT2D eigenvalue weighted by Gasteiger charge is 2.27. The molecule has 1 aromatic rings. The zero-order valence-electron chi connectivity index (χ0n) is 10.4. The maximum absolute atomic E-state index is 13.1. The lowest BCUT2D eigenvalue weighted by molar-refractivity contribution is -0.148. The van der Waals surface area contributed by atoms with Crippen LogP contribution < -0.4 is 4.90 Å². The van der Waals surface area contributed by atoms with E-state index in [0.717, 1.165) is 25.1 Å². The largest absolute Gasteiger partial charge is 0.466 e. The Morgan fingerprint density at radius 1 is 1.67 bits per heavy atom. The second kappa shape index (κ2) is 5.80. The van der Waals surface area contributed by atoms with Gasteiger partial charge in [-0.2, -0.15) is 4.39 Å². The number of hydrogen-bond donors (Lipinski definition) is 0. The summed E-state index contributed by atoms with van der Waals surface area (Å²) >= 11 is 0. The molecule has 1 atom stereocenters. The lowest BCUT2D eigenvalue weighted by Crippen LogP contribution is -2.39. The fraction of sp³-hybridized carbons (Fsp3) is 0.538. The molecule has 0 aliphatic carbocycles. The predicted molar refractivity (Wildman–Crippen MR) is 65.8 cm³/mol. The van der Waals surface area contributed by atoms with Gasteiger partial charge in [-0.05, 0) is 25.8 Å². The van der Waals surface area contributed by atoms with E-state index in [1.54, 1.807) is 13.0 Å². The number of ether oxygens (including phenoxy) is 1. The Morgan fingerprint density at radius 3 is 3.22 bits per heavy atom. The lowest BCUT2D eigenvalue weighted by Gasteiger charge is -2.33. The summed E-state index contributed by atoms with van der Waals surface area (Å²) in [5.41, 5.74) is 0.775. The molecule has 0 radical (unpaired) electrons. The van der Waals surface area contributed by atoms with Gasteiger partial charge in [-0.25, -0.2) is 4.98 Å². The zero-order chi connectivity index (χ0) is 13.0. The SMILES string of the molecule is CCOC(=O)C1CCCN(c2ccnc(F)c2)C1. The molecule has 1 saturated heterocycles. The van der Waals surface area contributed by atoms with Crippen molar-refractivity contribution in [3.05, 3.63) is 24.3 Å². The van der Waals surface area contributed by atoms with Gasteiger partial charge in [0.1, 0.15) is 0 Å². The fourth-order valence-corrected chi connectivity index (χ4v) is 2.25. The summed E-state index contributed by atoms with van der Waals surface area (Å²) in [5.74, 6) is -0.766. The number of nitrogens with zero attached hydrogens (tertiary/aromatic N) is 2. The topological polar surface area (TPSA) is 42.4 Å². The van der Waals surface area contributed by atoms with E-state index in [1.807, 2.05) is 4.90 Å². The van der Waals surface area contributed by atoms with Crippen molar-refractivity contribution >= 4 is 11.7 Å². The van der Waals surface area contributed by atoms with Crippen LogP contribution in [0.1, 0.15) is 19.8 Å². The Bertz CT molecular complexity index is 425. The van der Waals surface area contributed by atoms with E-state index in [-0.39, 0.29) is 11.9 Å². The van der Waals surface area contributed by atoms with Gasteiger partial charge in [-0.3, -0.25) is 4.79 Å². The quantitative estimate of drug-likeness (QED) is 0.609. The third kappa shape index (κ3) is 2.97. The molecule has 1 aliphatic rings. The van der Waals surface area contributed by atoms with Crippen LogP contribution >= 0.6 is 0 Å². The molecule has 1 unspecified atom stereocenters. The Balaban J connectivity index is 2.04. The van der Waals surface area contributed by atoms with Crippen LogP contribution in [-0.2, 0) is 9.53 Å². The van der Waals surface area contributed by atoms with Crippen LogP contribution in [0, 0.1) is 11.9 Å². The number of rotatable bonds is 3. The summed E-state index contributed by atoms with van der Waals surface area (Å²) < 4.78 is 18.1. The molecule has 1 fully saturated rings. The highest BCUT2D eigenvalue weighted by atomic mass is 19.1. The van der Waals surface area contributed by atoms with E-state index in [0.29, 0.717) is 13.2 Å². The first-order valence-corrected chi connectivity index (χ1v) is 6.24. The van der Waals surface area contributed by atoms with Crippen molar-refractivity contribution in [1.29, 1.82) is 0 Å². The van der Waals surface area contributed by atoms with Gasteiger partial charge in [0.05, 0.1) is 12.5 Å². The third-order valence-electron chi connectivity index (χ3n) is 3.12. The number of esters is 1. The summed E-state index contributed by atoms with van der Waals surface area (Å²) in [4.78, 5) is 17.2. The van der Waals surface area contributed by atoms with Gasteiger partial charge in [0.2, 0.25) is 5.95 Å². The van der Waals surface area contributed by atoms with E-state index in [2.05, 4.69) is 4.98 Å². The van der Waals surface area contributed by atoms with Crippen molar-refractivity contribution in [3.63, 3.8) is 0 Å². The highest BCUT2D eigenvalue weighted by molar-refractivity contribution is 5.73. The molecule has 18 heavy (non-hydrogen) atoms. The van der Waals surface area contributed by atoms with E-state index < -0.39 is 5.95 Å². The summed E-state index contributed by atoms with van der Waals surface area (Å²) in [6, 6.07) is 3.16. The second-order valence-corrected chi connectivity index (χ2v) is 4.37. The first-order valence-electron chi connectivity index (χ1n) is 6.24. The number of piperidine rings is 1. The van der Waals surface area contributed by atoms with E-state index in [9.17, 15) is 9.18 Å². The van der Waals surface area contributed by atoms with Gasteiger partial charge in [-0.1, -0.05) is 0 Å². The van der Waals surface area contributed by atoms with Gasteiger partial charge < -0.3 is 9.64 Å². The number of pyridine rings is 1. The molecule has 0 spiro atoms. The van der Waals surface area contributed by atoms with E-state index in [1.165, 1.54) is 12.3 Å². The van der Waals surface area contributed by atoms with Gasteiger partial charge in [0.15, 0.2) is 0 Å². The Morgan fingerprint density at radius 2 is 2.50 bits per heavy atom. The number of carbonyl (C=O) groups is 1. The van der Waals surface area contributed by atoms with Crippen LogP contribution in [-0.4, -0.2) is 30.6 Å². The molecule has 1 aromatic heterocycles. The summed E-state index contributed by atoms with van der Waals surface area (Å²) in [6.07, 6.45) is 3.19. The first kappa shape index (κ1) is 12.8. The number of halogens is 1. The van der Waals surface area contributed by atoms with Crippen molar-refractivity contribution in [1.82, 2.24) is 4.98 Å². The van der Waals surface area contributed by atoms with Crippen LogP contribution in [0.2, 0.25) is 0 Å². The first-order chi connectivity index (χ1) is 8.70. The molecular weight excluding hydrogens is 235 g/mol. The standard InChI is InChI=1S/C13H17FN2O2/c1-2-18-13(17)10-4-3-7-16(9-10)11-5-6-15-12(14)8-11/h5-6,8,10H,2-4,7,9H2,1H3. The Hall–Kier alpha value is -1.65. The molecule has 4 nitrogen and oxygen atoms in total. The van der Waals surface area contributed by atoms with Crippen molar-refractivity contribution in [2.45, 2.75) is 19.8 Å². The van der Waals surface area contributed by atoms with Crippen molar-refractivity contribution in [2.24, 2.45) is 5.92 Å². The lowest BCUT2D eigenvalue weighted by atomic mass is 9.98. The predicted octanol–water partition coefficient (Wildman–Crippen LogP) is 2.00. The van der Waals surface area contributed by atoms with Crippen molar-refractivity contribution in [3.8, 4) is 0 Å². The molecule has 98 valence electrons. The van der Waals surface area contributed by atoms with Gasteiger partial charge in [-0.15, -0.1) is 0 Å². The Kier molecular flexibility index (Phi) is 4.12. The van der Waals surface area contributed by atoms with Crippen LogP contribution in [0.25, 0.3) is 0 Å². The van der Waals surface area contributed by atoms with E-state index in [4.69, 9.17) is 4.74 Å². The fourth-order valence-electron chi connectivity index (χ4n) is 2.25. The molecule has 0 amide bonds.